The molecule has 0 aliphatic carbocycles. The van der Waals surface area contributed by atoms with Crippen LogP contribution in [0.1, 0.15) is 28.3 Å². The minimum atomic E-state index is -0.794. The molecule has 1 aromatic carbocycles. The van der Waals surface area contributed by atoms with Crippen molar-refractivity contribution in [2.45, 2.75) is 26.5 Å². The van der Waals surface area contributed by atoms with Crippen molar-refractivity contribution in [2.24, 2.45) is 5.73 Å². The third-order valence-electron chi connectivity index (χ3n) is 3.39. The fraction of sp³-hybridized carbons (Fsp3) is 0.250. The smallest absolute Gasteiger partial charge is 0.273 e. The van der Waals surface area contributed by atoms with Crippen molar-refractivity contribution in [3.05, 3.63) is 41.1 Å². The highest BCUT2D eigenvalue weighted by Gasteiger charge is 2.17. The molecule has 1 unspecified atom stereocenters. The van der Waals surface area contributed by atoms with Gasteiger partial charge in [0.25, 0.3) is 5.91 Å². The highest BCUT2D eigenvalue weighted by molar-refractivity contribution is 7.18. The van der Waals surface area contributed by atoms with Crippen molar-refractivity contribution in [1.82, 2.24) is 15.3 Å². The number of fused-ring (bicyclic) bond motifs is 1. The molecule has 3 rings (SSSR count). The molecule has 0 fully saturated rings. The molecule has 2 aromatic heterocycles. The second-order valence-corrected chi connectivity index (χ2v) is 6.61. The molecule has 0 saturated carbocycles. The van der Waals surface area contributed by atoms with Gasteiger partial charge in [0.05, 0.1) is 15.2 Å². The van der Waals surface area contributed by atoms with Gasteiger partial charge in [0.1, 0.15) is 18.1 Å². The van der Waals surface area contributed by atoms with E-state index in [9.17, 15) is 9.59 Å². The van der Waals surface area contributed by atoms with E-state index in [-0.39, 0.29) is 18.2 Å². The number of benzene rings is 1. The summed E-state index contributed by atoms with van der Waals surface area (Å²) in [6, 6.07) is 4.82. The normalized spacial score (nSPS) is 12.1. The number of hydrogen-bond acceptors (Lipinski definition) is 7. The van der Waals surface area contributed by atoms with E-state index < -0.39 is 17.9 Å². The molecule has 1 atom stereocenters. The Morgan fingerprint density at radius 3 is 2.96 bits per heavy atom. The summed E-state index contributed by atoms with van der Waals surface area (Å²) in [7, 11) is 0. The van der Waals surface area contributed by atoms with Crippen LogP contribution in [0.2, 0.25) is 0 Å². The van der Waals surface area contributed by atoms with Crippen molar-refractivity contribution < 1.29 is 18.7 Å². The predicted molar refractivity (Wildman–Crippen MR) is 91.3 cm³/mol. The second kappa shape index (κ2) is 6.89. The number of carbonyl (C=O) groups excluding carboxylic acids is 2. The van der Waals surface area contributed by atoms with Crippen molar-refractivity contribution in [2.75, 3.05) is 0 Å². The molecule has 0 bridgehead atoms. The number of aryl methyl sites for hydroxylation is 1. The summed E-state index contributed by atoms with van der Waals surface area (Å²) < 4.78 is 11.9. The van der Waals surface area contributed by atoms with E-state index in [4.69, 9.17) is 14.9 Å². The molecule has 3 aromatic rings. The highest BCUT2D eigenvalue weighted by Crippen LogP contribution is 2.25. The summed E-state index contributed by atoms with van der Waals surface area (Å²) in [5.74, 6) is -0.301. The first-order valence-electron chi connectivity index (χ1n) is 7.47. The Morgan fingerprint density at radius 2 is 2.20 bits per heavy atom. The number of amides is 2. The number of nitrogens with one attached hydrogen (secondary N) is 1. The number of thiazole rings is 1. The van der Waals surface area contributed by atoms with Gasteiger partial charge >= 0.3 is 0 Å². The zero-order chi connectivity index (χ0) is 18.0. The van der Waals surface area contributed by atoms with Gasteiger partial charge in [-0.05, 0) is 26.0 Å². The van der Waals surface area contributed by atoms with Gasteiger partial charge in [-0.2, -0.15) is 0 Å². The number of hydrogen-bond donors (Lipinski definition) is 2. The molecule has 8 nitrogen and oxygen atoms in total. The third kappa shape index (κ3) is 3.94. The van der Waals surface area contributed by atoms with E-state index in [0.717, 1.165) is 15.2 Å². The molecule has 0 radical (unpaired) electrons. The monoisotopic (exact) mass is 360 g/mol. The van der Waals surface area contributed by atoms with E-state index in [1.54, 1.807) is 11.3 Å². The first-order valence-corrected chi connectivity index (χ1v) is 8.28. The molecule has 25 heavy (non-hydrogen) atoms. The number of ether oxygens (including phenoxy) is 1. The Kier molecular flexibility index (Phi) is 4.66. The maximum Gasteiger partial charge on any atom is 0.273 e. The molecular formula is C16H16N4O4S. The third-order valence-corrected chi connectivity index (χ3v) is 4.34. The summed E-state index contributed by atoms with van der Waals surface area (Å²) >= 11 is 1.61. The van der Waals surface area contributed by atoms with Gasteiger partial charge in [-0.25, -0.2) is 9.97 Å². The number of nitrogens with two attached hydrogens (primary N) is 1. The fourth-order valence-electron chi connectivity index (χ4n) is 2.08. The van der Waals surface area contributed by atoms with Crippen LogP contribution < -0.4 is 15.8 Å². The van der Waals surface area contributed by atoms with Crippen LogP contribution in [-0.4, -0.2) is 27.8 Å². The fourth-order valence-corrected chi connectivity index (χ4v) is 2.89. The topological polar surface area (TPSA) is 120 Å². The molecule has 0 spiro atoms. The lowest BCUT2D eigenvalue weighted by Crippen LogP contribution is -2.42. The Balaban J connectivity index is 1.62. The average Bonchev–Trinajstić information content (AvgIpc) is 3.17. The van der Waals surface area contributed by atoms with Crippen LogP contribution in [-0.2, 0) is 11.4 Å². The van der Waals surface area contributed by atoms with Crippen LogP contribution in [0.25, 0.3) is 10.2 Å². The first-order chi connectivity index (χ1) is 11.9. The van der Waals surface area contributed by atoms with E-state index in [1.807, 2.05) is 25.1 Å². The maximum absolute atomic E-state index is 11.9. The molecule has 2 amide bonds. The van der Waals surface area contributed by atoms with E-state index >= 15 is 0 Å². The van der Waals surface area contributed by atoms with Crippen molar-refractivity contribution >= 4 is 33.4 Å². The minimum absolute atomic E-state index is 0.0530. The summed E-state index contributed by atoms with van der Waals surface area (Å²) in [4.78, 5) is 31.3. The molecule has 130 valence electrons. The Bertz CT molecular complexity index is 933. The van der Waals surface area contributed by atoms with Crippen LogP contribution in [0.5, 0.6) is 5.75 Å². The lowest BCUT2D eigenvalue weighted by Gasteiger charge is -2.07. The number of carbonyl (C=O) groups is 2. The molecule has 0 aliphatic heterocycles. The lowest BCUT2D eigenvalue weighted by molar-refractivity contribution is -0.119. The Labute approximate surface area is 147 Å². The Hall–Kier alpha value is -2.94. The van der Waals surface area contributed by atoms with Gasteiger partial charge in [-0.1, -0.05) is 0 Å². The molecule has 3 N–H and O–H groups in total. The summed E-state index contributed by atoms with van der Waals surface area (Å²) in [5.41, 5.74) is 6.02. The van der Waals surface area contributed by atoms with Gasteiger partial charge in [-0.3, -0.25) is 9.59 Å². The zero-order valence-electron chi connectivity index (χ0n) is 13.6. The van der Waals surface area contributed by atoms with Crippen LogP contribution in [0.4, 0.5) is 0 Å². The van der Waals surface area contributed by atoms with Crippen LogP contribution in [0, 0.1) is 6.92 Å². The number of aromatic nitrogens is 2. The largest absolute Gasteiger partial charge is 0.484 e. The molecule has 0 saturated heterocycles. The quantitative estimate of drug-likeness (QED) is 0.691. The van der Waals surface area contributed by atoms with Crippen molar-refractivity contribution in [1.29, 1.82) is 0 Å². The summed E-state index contributed by atoms with van der Waals surface area (Å²) in [6.45, 7) is 3.50. The zero-order valence-corrected chi connectivity index (χ0v) is 14.4. The highest BCUT2D eigenvalue weighted by atomic mass is 32.1. The summed E-state index contributed by atoms with van der Waals surface area (Å²) in [5, 5.41) is 3.41. The van der Waals surface area contributed by atoms with Gasteiger partial charge in [-0.15, -0.1) is 11.3 Å². The van der Waals surface area contributed by atoms with Crippen LogP contribution in [0.15, 0.2) is 28.9 Å². The summed E-state index contributed by atoms with van der Waals surface area (Å²) in [6.07, 6.45) is 1.20. The van der Waals surface area contributed by atoms with E-state index in [2.05, 4.69) is 15.3 Å². The minimum Gasteiger partial charge on any atom is -0.484 e. The predicted octanol–water partition coefficient (Wildman–Crippen LogP) is 1.78. The SMILES string of the molecule is Cc1nc2cc(OCc3nc(C(=O)NC(C)C(N)=O)co3)ccc2s1. The van der Waals surface area contributed by atoms with Gasteiger partial charge in [0.15, 0.2) is 12.3 Å². The maximum atomic E-state index is 11.9. The van der Waals surface area contributed by atoms with Crippen molar-refractivity contribution in [3.63, 3.8) is 0 Å². The lowest BCUT2D eigenvalue weighted by atomic mass is 10.3. The average molecular weight is 360 g/mol. The molecule has 0 aliphatic rings. The van der Waals surface area contributed by atoms with Gasteiger partial charge in [0, 0.05) is 6.07 Å². The van der Waals surface area contributed by atoms with Gasteiger partial charge in [0.2, 0.25) is 11.8 Å². The number of rotatable bonds is 6. The Morgan fingerprint density at radius 1 is 1.40 bits per heavy atom. The number of primary amides is 1. The number of nitrogens with zero attached hydrogens (tertiary/aromatic N) is 2. The number of oxazole rings is 1. The second-order valence-electron chi connectivity index (χ2n) is 5.38. The standard InChI is InChI=1S/C16H16N4O4S/c1-8(15(17)21)18-16(22)12-6-24-14(20-12)7-23-10-3-4-13-11(5-10)19-9(2)25-13/h3-6,8H,7H2,1-2H3,(H2,17,21)(H,18,22). The molecule has 2 heterocycles. The molecule has 9 heteroatoms. The molecular weight excluding hydrogens is 344 g/mol. The van der Waals surface area contributed by atoms with Crippen LogP contribution >= 0.6 is 11.3 Å². The van der Waals surface area contributed by atoms with Crippen LogP contribution in [0.3, 0.4) is 0 Å². The van der Waals surface area contributed by atoms with Crippen molar-refractivity contribution in [3.8, 4) is 5.75 Å². The van der Waals surface area contributed by atoms with E-state index in [0.29, 0.717) is 5.75 Å². The first kappa shape index (κ1) is 16.9. The van der Waals surface area contributed by atoms with E-state index in [1.165, 1.54) is 13.2 Å². The van der Waals surface area contributed by atoms with Gasteiger partial charge < -0.3 is 20.2 Å².